The molecule has 0 aromatic heterocycles. The van der Waals surface area contributed by atoms with Gasteiger partial charge in [0.2, 0.25) is 0 Å². The van der Waals surface area contributed by atoms with Crippen molar-refractivity contribution in [1.82, 2.24) is 5.32 Å². The maximum absolute atomic E-state index is 12.7. The molecule has 0 saturated heterocycles. The van der Waals surface area contributed by atoms with Crippen LogP contribution in [0.25, 0.3) is 0 Å². The van der Waals surface area contributed by atoms with E-state index in [1.54, 1.807) is 58.9 Å². The van der Waals surface area contributed by atoms with Gasteiger partial charge in [0.25, 0.3) is 0 Å². The number of carbonyl (C=O) groups is 2. The molecule has 0 fully saturated rings. The number of carbonyl (C=O) groups excluding carboxylic acids is 2. The summed E-state index contributed by atoms with van der Waals surface area (Å²) in [5, 5.41) is 2.67. The van der Waals surface area contributed by atoms with E-state index in [2.05, 4.69) is 5.32 Å². The lowest BCUT2D eigenvalue weighted by molar-refractivity contribution is -0.147. The minimum absolute atomic E-state index is 0.0257. The number of rotatable bonds is 9. The van der Waals surface area contributed by atoms with Gasteiger partial charge in [-0.15, -0.1) is 0 Å². The van der Waals surface area contributed by atoms with Crippen molar-refractivity contribution < 1.29 is 31.7 Å². The number of ether oxygens (including phenoxy) is 2. The van der Waals surface area contributed by atoms with Crippen molar-refractivity contribution in [2.75, 3.05) is 6.54 Å². The highest BCUT2D eigenvalue weighted by atomic mass is 32.2. The molecule has 9 heteroatoms. The Morgan fingerprint density at radius 1 is 1.03 bits per heavy atom. The number of nitrogens with one attached hydrogen (secondary N) is 1. The third-order valence-corrected chi connectivity index (χ3v) is 5.78. The quantitative estimate of drug-likeness (QED) is 0.400. The van der Waals surface area contributed by atoms with Crippen LogP contribution in [0.15, 0.2) is 53.4 Å². The fourth-order valence-electron chi connectivity index (χ4n) is 3.04. The van der Waals surface area contributed by atoms with Gasteiger partial charge in [0.1, 0.15) is 16.2 Å². The Morgan fingerprint density at radius 2 is 1.68 bits per heavy atom. The van der Waals surface area contributed by atoms with Crippen LogP contribution in [-0.4, -0.2) is 38.7 Å². The molecule has 186 valence electrons. The lowest BCUT2D eigenvalue weighted by Gasteiger charge is -2.22. The monoisotopic (exact) mass is 491 g/mol. The average molecular weight is 492 g/mol. The van der Waals surface area contributed by atoms with Crippen molar-refractivity contribution >= 4 is 22.2 Å². The summed E-state index contributed by atoms with van der Waals surface area (Å²) in [5.41, 5.74) is 0.858. The first-order valence-electron chi connectivity index (χ1n) is 11.0. The van der Waals surface area contributed by atoms with Crippen LogP contribution in [0, 0.1) is 6.92 Å². The Kier molecular flexibility index (Phi) is 9.09. The summed E-state index contributed by atoms with van der Waals surface area (Å²) < 4.78 is 41.2. The molecule has 0 saturated carbocycles. The van der Waals surface area contributed by atoms with E-state index in [1.807, 2.05) is 6.92 Å². The third-order valence-electron chi connectivity index (χ3n) is 4.52. The molecule has 0 heterocycles. The van der Waals surface area contributed by atoms with Gasteiger partial charge < -0.3 is 19.0 Å². The highest BCUT2D eigenvalue weighted by molar-refractivity contribution is 7.87. The zero-order chi connectivity index (χ0) is 25.5. The first-order valence-corrected chi connectivity index (χ1v) is 12.4. The second kappa shape index (κ2) is 11.4. The van der Waals surface area contributed by atoms with Gasteiger partial charge >= 0.3 is 22.2 Å². The number of benzene rings is 2. The Morgan fingerprint density at radius 3 is 2.26 bits per heavy atom. The first-order chi connectivity index (χ1) is 15.7. The molecule has 1 amide bonds. The van der Waals surface area contributed by atoms with E-state index in [0.29, 0.717) is 5.56 Å². The van der Waals surface area contributed by atoms with Crippen LogP contribution in [0.1, 0.15) is 58.1 Å². The smallest absolute Gasteiger partial charge is 0.407 e. The van der Waals surface area contributed by atoms with E-state index in [9.17, 15) is 18.0 Å². The van der Waals surface area contributed by atoms with Crippen molar-refractivity contribution in [3.63, 3.8) is 0 Å². The largest absolute Gasteiger partial charge is 0.463 e. The van der Waals surface area contributed by atoms with E-state index in [4.69, 9.17) is 13.7 Å². The molecule has 0 bridgehead atoms. The summed E-state index contributed by atoms with van der Waals surface area (Å²) in [6.45, 7) is 10.7. The fourth-order valence-corrected chi connectivity index (χ4v) is 3.96. The van der Waals surface area contributed by atoms with E-state index in [-0.39, 0.29) is 29.7 Å². The van der Waals surface area contributed by atoms with E-state index < -0.39 is 33.7 Å². The standard InChI is InChI=1S/C25H33NO7S/c1-17(2)31-23(27)15-20(16-26-24(28)32-25(4,5)6)19-8-7-9-21(14-19)33-34(29,30)22-12-10-18(3)11-13-22/h7-14,17,20H,15-16H2,1-6H3,(H,26,28). The molecule has 1 atom stereocenters. The van der Waals surface area contributed by atoms with Crippen molar-refractivity contribution in [1.29, 1.82) is 0 Å². The van der Waals surface area contributed by atoms with Gasteiger partial charge in [-0.25, -0.2) is 4.79 Å². The first kappa shape index (κ1) is 27.2. The normalized spacial score (nSPS) is 12.7. The van der Waals surface area contributed by atoms with Crippen molar-refractivity contribution in [2.45, 2.75) is 70.5 Å². The van der Waals surface area contributed by atoms with E-state index in [1.165, 1.54) is 24.3 Å². The molecule has 34 heavy (non-hydrogen) atoms. The second-order valence-electron chi connectivity index (χ2n) is 9.25. The summed E-state index contributed by atoms with van der Waals surface area (Å²) in [6, 6.07) is 12.7. The van der Waals surface area contributed by atoms with Gasteiger partial charge in [-0.1, -0.05) is 29.8 Å². The highest BCUT2D eigenvalue weighted by Crippen LogP contribution is 2.26. The predicted octanol–water partition coefficient (Wildman–Crippen LogP) is 4.71. The molecule has 2 aromatic carbocycles. The molecule has 0 radical (unpaired) electrons. The summed E-state index contributed by atoms with van der Waals surface area (Å²) >= 11 is 0. The van der Waals surface area contributed by atoms with Crippen molar-refractivity contribution in [3.8, 4) is 5.75 Å². The van der Waals surface area contributed by atoms with Gasteiger partial charge in [0, 0.05) is 12.5 Å². The van der Waals surface area contributed by atoms with E-state index >= 15 is 0 Å². The number of aryl methyl sites for hydroxylation is 1. The lowest BCUT2D eigenvalue weighted by atomic mass is 9.95. The summed E-state index contributed by atoms with van der Waals surface area (Å²) in [5.74, 6) is -0.841. The average Bonchev–Trinajstić information content (AvgIpc) is 2.69. The summed E-state index contributed by atoms with van der Waals surface area (Å²) in [4.78, 5) is 24.5. The number of esters is 1. The van der Waals surface area contributed by atoms with Gasteiger partial charge in [-0.3, -0.25) is 4.79 Å². The zero-order valence-electron chi connectivity index (χ0n) is 20.5. The van der Waals surface area contributed by atoms with Gasteiger partial charge in [-0.05, 0) is 71.4 Å². The number of hydrogen-bond acceptors (Lipinski definition) is 7. The SMILES string of the molecule is Cc1ccc(S(=O)(=O)Oc2cccc(C(CNC(=O)OC(C)(C)C)CC(=O)OC(C)C)c2)cc1. The van der Waals surface area contributed by atoms with Crippen LogP contribution in [0.5, 0.6) is 5.75 Å². The van der Waals surface area contributed by atoms with Crippen LogP contribution in [0.3, 0.4) is 0 Å². The maximum Gasteiger partial charge on any atom is 0.407 e. The van der Waals surface area contributed by atoms with Gasteiger partial charge in [0.15, 0.2) is 0 Å². The zero-order valence-corrected chi connectivity index (χ0v) is 21.3. The molecule has 2 aromatic rings. The number of hydrogen-bond donors (Lipinski definition) is 1. The molecule has 1 unspecified atom stereocenters. The van der Waals surface area contributed by atoms with Crippen LogP contribution in [0.4, 0.5) is 4.79 Å². The molecular weight excluding hydrogens is 458 g/mol. The molecule has 0 aliphatic rings. The molecule has 1 N–H and O–H groups in total. The van der Waals surface area contributed by atoms with Crippen LogP contribution < -0.4 is 9.50 Å². The predicted molar refractivity (Wildman–Crippen MR) is 128 cm³/mol. The minimum atomic E-state index is -4.04. The molecule has 8 nitrogen and oxygen atoms in total. The highest BCUT2D eigenvalue weighted by Gasteiger charge is 2.23. The van der Waals surface area contributed by atoms with Crippen LogP contribution in [0.2, 0.25) is 0 Å². The van der Waals surface area contributed by atoms with E-state index in [0.717, 1.165) is 5.56 Å². The Bertz CT molecular complexity index is 1090. The topological polar surface area (TPSA) is 108 Å². The van der Waals surface area contributed by atoms with Gasteiger partial charge in [-0.2, -0.15) is 8.42 Å². The Balaban J connectivity index is 2.24. The van der Waals surface area contributed by atoms with Crippen LogP contribution in [-0.2, 0) is 24.4 Å². The lowest BCUT2D eigenvalue weighted by Crippen LogP contribution is -2.35. The molecule has 0 aliphatic carbocycles. The number of amides is 1. The summed E-state index contributed by atoms with van der Waals surface area (Å²) in [7, 11) is -4.04. The van der Waals surface area contributed by atoms with Crippen molar-refractivity contribution in [2.24, 2.45) is 0 Å². The fraction of sp³-hybridized carbons (Fsp3) is 0.440. The molecule has 0 aliphatic heterocycles. The number of alkyl carbamates (subject to hydrolysis) is 1. The van der Waals surface area contributed by atoms with Gasteiger partial charge in [0.05, 0.1) is 12.5 Å². The molecule has 2 rings (SSSR count). The van der Waals surface area contributed by atoms with Crippen molar-refractivity contribution in [3.05, 3.63) is 59.7 Å². The summed E-state index contributed by atoms with van der Waals surface area (Å²) in [6.07, 6.45) is -0.937. The Hall–Kier alpha value is -3.07. The Labute approximate surface area is 201 Å². The van der Waals surface area contributed by atoms with Crippen LogP contribution >= 0.6 is 0 Å². The minimum Gasteiger partial charge on any atom is -0.463 e. The third kappa shape index (κ3) is 9.05. The molecular formula is C25H33NO7S. The maximum atomic E-state index is 12.7. The second-order valence-corrected chi connectivity index (χ2v) is 10.8. The molecule has 0 spiro atoms.